The van der Waals surface area contributed by atoms with Crippen LogP contribution < -0.4 is 5.32 Å². The summed E-state index contributed by atoms with van der Waals surface area (Å²) in [4.78, 5) is 17.0. The second-order valence-electron chi connectivity index (χ2n) is 4.76. The van der Waals surface area contributed by atoms with Crippen molar-refractivity contribution in [2.45, 2.75) is 33.2 Å². The van der Waals surface area contributed by atoms with Gasteiger partial charge in [0.25, 0.3) is 5.91 Å². The van der Waals surface area contributed by atoms with Crippen LogP contribution in [0.1, 0.15) is 41.1 Å². The maximum atomic E-state index is 11.8. The highest BCUT2D eigenvalue weighted by molar-refractivity contribution is 7.12. The minimum Gasteiger partial charge on any atom is -0.351 e. The van der Waals surface area contributed by atoms with E-state index < -0.39 is 0 Å². The highest BCUT2D eigenvalue weighted by Gasteiger charge is 2.11. The number of aromatic nitrogens is 2. The molecule has 2 heterocycles. The lowest BCUT2D eigenvalue weighted by Gasteiger charge is -2.14. The molecule has 0 aliphatic rings. The molecular formula is C14H19N3OS. The number of hydrogen-bond donors (Lipinski definition) is 1. The first-order valence-corrected chi connectivity index (χ1v) is 7.32. The minimum atomic E-state index is -0.00521. The summed E-state index contributed by atoms with van der Waals surface area (Å²) in [7, 11) is 0. The Balaban J connectivity index is 1.91. The SMILES string of the molecule is Cc1cnc(CCNC(=O)c2cccs2)n1C(C)C. The lowest BCUT2D eigenvalue weighted by atomic mass is 10.3. The molecule has 1 amide bonds. The van der Waals surface area contributed by atoms with Gasteiger partial charge in [0.2, 0.25) is 0 Å². The number of amides is 1. The molecule has 2 aromatic rings. The molecule has 5 heteroatoms. The molecule has 2 aromatic heterocycles. The van der Waals surface area contributed by atoms with E-state index in [2.05, 4.69) is 35.6 Å². The molecule has 0 spiro atoms. The fourth-order valence-electron chi connectivity index (χ4n) is 2.17. The fraction of sp³-hybridized carbons (Fsp3) is 0.429. The average molecular weight is 277 g/mol. The molecule has 0 aromatic carbocycles. The zero-order valence-electron chi connectivity index (χ0n) is 11.5. The van der Waals surface area contributed by atoms with E-state index in [-0.39, 0.29) is 5.91 Å². The number of thiophene rings is 1. The van der Waals surface area contributed by atoms with Gasteiger partial charge in [-0.1, -0.05) is 6.07 Å². The molecule has 0 radical (unpaired) electrons. The first-order valence-electron chi connectivity index (χ1n) is 6.44. The van der Waals surface area contributed by atoms with E-state index in [1.165, 1.54) is 11.3 Å². The van der Waals surface area contributed by atoms with E-state index in [1.54, 1.807) is 0 Å². The summed E-state index contributed by atoms with van der Waals surface area (Å²) in [6.07, 6.45) is 2.64. The molecule has 102 valence electrons. The van der Waals surface area contributed by atoms with E-state index in [0.29, 0.717) is 12.6 Å². The largest absolute Gasteiger partial charge is 0.351 e. The van der Waals surface area contributed by atoms with Crippen molar-refractivity contribution in [2.24, 2.45) is 0 Å². The molecule has 4 nitrogen and oxygen atoms in total. The quantitative estimate of drug-likeness (QED) is 0.913. The Morgan fingerprint density at radius 2 is 2.32 bits per heavy atom. The summed E-state index contributed by atoms with van der Waals surface area (Å²) < 4.78 is 2.21. The van der Waals surface area contributed by atoms with Crippen molar-refractivity contribution in [3.05, 3.63) is 40.1 Å². The maximum Gasteiger partial charge on any atom is 0.261 e. The van der Waals surface area contributed by atoms with Gasteiger partial charge in [-0.15, -0.1) is 11.3 Å². The van der Waals surface area contributed by atoms with Crippen LogP contribution in [0.15, 0.2) is 23.7 Å². The summed E-state index contributed by atoms with van der Waals surface area (Å²) >= 11 is 1.46. The number of rotatable bonds is 5. The smallest absolute Gasteiger partial charge is 0.261 e. The maximum absolute atomic E-state index is 11.8. The van der Waals surface area contributed by atoms with Crippen molar-refractivity contribution in [3.8, 4) is 0 Å². The molecule has 19 heavy (non-hydrogen) atoms. The Morgan fingerprint density at radius 3 is 2.95 bits per heavy atom. The van der Waals surface area contributed by atoms with Crippen molar-refractivity contribution in [3.63, 3.8) is 0 Å². The van der Waals surface area contributed by atoms with Crippen LogP contribution in [0.2, 0.25) is 0 Å². The molecule has 0 saturated carbocycles. The molecule has 0 aliphatic carbocycles. The van der Waals surface area contributed by atoms with Crippen LogP contribution in [-0.4, -0.2) is 22.0 Å². The van der Waals surface area contributed by atoms with Gasteiger partial charge in [0.1, 0.15) is 5.82 Å². The van der Waals surface area contributed by atoms with Gasteiger partial charge >= 0.3 is 0 Å². The minimum absolute atomic E-state index is 0.00521. The average Bonchev–Trinajstić information content (AvgIpc) is 2.98. The first kappa shape index (κ1) is 13.8. The van der Waals surface area contributed by atoms with Crippen LogP contribution >= 0.6 is 11.3 Å². The van der Waals surface area contributed by atoms with Crippen molar-refractivity contribution in [1.82, 2.24) is 14.9 Å². The summed E-state index contributed by atoms with van der Waals surface area (Å²) in [6, 6.07) is 4.11. The van der Waals surface area contributed by atoms with Gasteiger partial charge < -0.3 is 9.88 Å². The molecule has 0 saturated heterocycles. The van der Waals surface area contributed by atoms with Crippen LogP contribution in [0.5, 0.6) is 0 Å². The van der Waals surface area contributed by atoms with Crippen molar-refractivity contribution < 1.29 is 4.79 Å². The van der Waals surface area contributed by atoms with Crippen LogP contribution in [-0.2, 0) is 6.42 Å². The van der Waals surface area contributed by atoms with Gasteiger partial charge in [-0.25, -0.2) is 4.98 Å². The van der Waals surface area contributed by atoms with Crippen LogP contribution in [0.3, 0.4) is 0 Å². The number of nitrogens with zero attached hydrogens (tertiary/aromatic N) is 2. The second-order valence-corrected chi connectivity index (χ2v) is 5.71. The van der Waals surface area contributed by atoms with Gasteiger partial charge in [-0.2, -0.15) is 0 Å². The van der Waals surface area contributed by atoms with Crippen LogP contribution in [0.4, 0.5) is 0 Å². The number of imidazole rings is 1. The Hall–Kier alpha value is -1.62. The third-order valence-electron chi connectivity index (χ3n) is 2.95. The van der Waals surface area contributed by atoms with E-state index in [0.717, 1.165) is 22.8 Å². The summed E-state index contributed by atoms with van der Waals surface area (Å²) in [5.74, 6) is 1.02. The van der Waals surface area contributed by atoms with E-state index in [1.807, 2.05) is 23.7 Å². The third-order valence-corrected chi connectivity index (χ3v) is 3.82. The fourth-order valence-corrected chi connectivity index (χ4v) is 2.81. The number of carbonyl (C=O) groups excluding carboxylic acids is 1. The van der Waals surface area contributed by atoms with Gasteiger partial charge in [0.15, 0.2) is 0 Å². The predicted octanol–water partition coefficient (Wildman–Crippen LogP) is 2.81. The number of aryl methyl sites for hydroxylation is 1. The highest BCUT2D eigenvalue weighted by atomic mass is 32.1. The number of carbonyl (C=O) groups is 1. The van der Waals surface area contributed by atoms with E-state index in [9.17, 15) is 4.79 Å². The van der Waals surface area contributed by atoms with Crippen LogP contribution in [0, 0.1) is 6.92 Å². The van der Waals surface area contributed by atoms with Gasteiger partial charge in [-0.05, 0) is 32.2 Å². The lowest BCUT2D eigenvalue weighted by molar-refractivity contribution is 0.0958. The molecular weight excluding hydrogens is 258 g/mol. The number of nitrogens with one attached hydrogen (secondary N) is 1. The summed E-state index contributed by atoms with van der Waals surface area (Å²) in [6.45, 7) is 6.95. The zero-order valence-corrected chi connectivity index (χ0v) is 12.3. The van der Waals surface area contributed by atoms with E-state index in [4.69, 9.17) is 0 Å². The zero-order chi connectivity index (χ0) is 13.8. The topological polar surface area (TPSA) is 46.9 Å². The van der Waals surface area contributed by atoms with Gasteiger partial charge in [0.05, 0.1) is 4.88 Å². The van der Waals surface area contributed by atoms with Crippen molar-refractivity contribution >= 4 is 17.2 Å². The van der Waals surface area contributed by atoms with Crippen molar-refractivity contribution in [2.75, 3.05) is 6.54 Å². The Morgan fingerprint density at radius 1 is 1.53 bits per heavy atom. The summed E-state index contributed by atoms with van der Waals surface area (Å²) in [5, 5.41) is 4.83. The lowest BCUT2D eigenvalue weighted by Crippen LogP contribution is -2.26. The Bertz CT molecular complexity index is 543. The third kappa shape index (κ3) is 3.23. The normalized spacial score (nSPS) is 10.9. The van der Waals surface area contributed by atoms with Crippen LogP contribution in [0.25, 0.3) is 0 Å². The monoisotopic (exact) mass is 277 g/mol. The molecule has 0 fully saturated rings. The Labute approximate surface area is 117 Å². The second kappa shape index (κ2) is 6.02. The Kier molecular flexibility index (Phi) is 4.37. The molecule has 0 bridgehead atoms. The first-order chi connectivity index (χ1) is 9.09. The van der Waals surface area contributed by atoms with Gasteiger partial charge in [-0.3, -0.25) is 4.79 Å². The predicted molar refractivity (Wildman–Crippen MR) is 77.7 cm³/mol. The molecule has 2 rings (SSSR count). The van der Waals surface area contributed by atoms with Gasteiger partial charge in [0, 0.05) is 30.9 Å². The molecule has 1 N–H and O–H groups in total. The molecule has 0 aliphatic heterocycles. The standard InChI is InChI=1S/C14H19N3OS/c1-10(2)17-11(3)9-16-13(17)6-7-15-14(18)12-5-4-8-19-12/h4-5,8-10H,6-7H2,1-3H3,(H,15,18). The highest BCUT2D eigenvalue weighted by Crippen LogP contribution is 2.13. The summed E-state index contributed by atoms with van der Waals surface area (Å²) in [5.41, 5.74) is 1.16. The number of hydrogen-bond acceptors (Lipinski definition) is 3. The molecule has 0 atom stereocenters. The van der Waals surface area contributed by atoms with Crippen molar-refractivity contribution in [1.29, 1.82) is 0 Å². The van der Waals surface area contributed by atoms with E-state index >= 15 is 0 Å². The molecule has 0 unspecified atom stereocenters.